The van der Waals surface area contributed by atoms with Crippen LogP contribution in [0.1, 0.15) is 18.9 Å². The second-order valence-electron chi connectivity index (χ2n) is 5.94. The van der Waals surface area contributed by atoms with Crippen LogP contribution in [0.25, 0.3) is 11.1 Å². The van der Waals surface area contributed by atoms with E-state index in [2.05, 4.69) is 17.3 Å². The van der Waals surface area contributed by atoms with Gasteiger partial charge >= 0.3 is 5.76 Å². The number of benzene rings is 1. The highest BCUT2D eigenvalue weighted by atomic mass is 16.4. The van der Waals surface area contributed by atoms with Crippen molar-refractivity contribution in [1.29, 1.82) is 0 Å². The summed E-state index contributed by atoms with van der Waals surface area (Å²) in [6, 6.07) is 7.85. The van der Waals surface area contributed by atoms with Gasteiger partial charge in [-0.1, -0.05) is 12.1 Å². The van der Waals surface area contributed by atoms with Gasteiger partial charge in [0.25, 0.3) is 0 Å². The number of nitrogens with one attached hydrogen (secondary N) is 1. The second kappa shape index (κ2) is 6.83. The van der Waals surface area contributed by atoms with Crippen LogP contribution in [0, 0.1) is 6.92 Å². The molecule has 1 aromatic carbocycles. The molecule has 0 saturated carbocycles. The van der Waals surface area contributed by atoms with Gasteiger partial charge in [-0.25, -0.2) is 4.79 Å². The monoisotopic (exact) mass is 314 g/mol. The van der Waals surface area contributed by atoms with Crippen molar-refractivity contribution >= 4 is 11.1 Å². The van der Waals surface area contributed by atoms with E-state index in [0.717, 1.165) is 25.0 Å². The molecule has 1 atom stereocenters. The molecule has 0 bridgehead atoms. The third kappa shape index (κ3) is 3.71. The molecular formula is C17H22N4O2. The van der Waals surface area contributed by atoms with Crippen LogP contribution >= 0.6 is 0 Å². The summed E-state index contributed by atoms with van der Waals surface area (Å²) in [4.78, 5) is 11.9. The van der Waals surface area contributed by atoms with Crippen LogP contribution in [0.2, 0.25) is 0 Å². The van der Waals surface area contributed by atoms with Gasteiger partial charge in [-0.2, -0.15) is 5.10 Å². The smallest absolute Gasteiger partial charge is 0.408 e. The van der Waals surface area contributed by atoms with Gasteiger partial charge in [0.05, 0.1) is 18.3 Å². The van der Waals surface area contributed by atoms with Crippen molar-refractivity contribution in [1.82, 2.24) is 19.7 Å². The maximum atomic E-state index is 11.9. The zero-order valence-corrected chi connectivity index (χ0v) is 13.5. The molecule has 0 radical (unpaired) electrons. The zero-order valence-electron chi connectivity index (χ0n) is 13.5. The fraction of sp³-hybridized carbons (Fsp3) is 0.412. The molecule has 0 saturated heterocycles. The Morgan fingerprint density at radius 2 is 2.17 bits per heavy atom. The lowest BCUT2D eigenvalue weighted by atomic mass is 10.3. The number of para-hydroxylation sites is 2. The summed E-state index contributed by atoms with van der Waals surface area (Å²) in [6.07, 6.45) is 4.77. The molecule has 0 aliphatic carbocycles. The summed E-state index contributed by atoms with van der Waals surface area (Å²) >= 11 is 0. The SMILES string of the molecule is Cc1cnn(CC(C)NCCCn2c(=O)oc3ccccc32)c1. The minimum Gasteiger partial charge on any atom is -0.408 e. The van der Waals surface area contributed by atoms with Gasteiger partial charge < -0.3 is 9.73 Å². The van der Waals surface area contributed by atoms with E-state index in [4.69, 9.17) is 4.42 Å². The summed E-state index contributed by atoms with van der Waals surface area (Å²) < 4.78 is 8.87. The number of fused-ring (bicyclic) bond motifs is 1. The quantitative estimate of drug-likeness (QED) is 0.679. The first kappa shape index (κ1) is 15.6. The number of hydrogen-bond acceptors (Lipinski definition) is 4. The van der Waals surface area contributed by atoms with Crippen molar-refractivity contribution in [2.45, 2.75) is 39.4 Å². The average molecular weight is 314 g/mol. The molecule has 0 aliphatic heterocycles. The summed E-state index contributed by atoms with van der Waals surface area (Å²) in [6.45, 7) is 6.50. The highest BCUT2D eigenvalue weighted by Crippen LogP contribution is 2.11. The molecule has 0 amide bonds. The van der Waals surface area contributed by atoms with Gasteiger partial charge in [0.1, 0.15) is 0 Å². The molecule has 6 nitrogen and oxygen atoms in total. The molecule has 0 aliphatic rings. The summed E-state index contributed by atoms with van der Waals surface area (Å²) in [5.74, 6) is -0.286. The highest BCUT2D eigenvalue weighted by Gasteiger charge is 2.08. The molecule has 122 valence electrons. The Labute approximate surface area is 134 Å². The number of aryl methyl sites for hydroxylation is 2. The van der Waals surface area contributed by atoms with Crippen LogP contribution in [0.5, 0.6) is 0 Å². The van der Waals surface area contributed by atoms with Crippen LogP contribution in [0.3, 0.4) is 0 Å². The van der Waals surface area contributed by atoms with Crippen molar-refractivity contribution in [3.63, 3.8) is 0 Å². The van der Waals surface area contributed by atoms with Gasteiger partial charge in [-0.3, -0.25) is 9.25 Å². The third-order valence-electron chi connectivity index (χ3n) is 3.85. The molecule has 0 spiro atoms. The molecule has 1 N–H and O–H groups in total. The van der Waals surface area contributed by atoms with E-state index < -0.39 is 0 Å². The van der Waals surface area contributed by atoms with Crippen LogP contribution in [-0.2, 0) is 13.1 Å². The van der Waals surface area contributed by atoms with Gasteiger partial charge in [0.15, 0.2) is 5.58 Å². The molecule has 23 heavy (non-hydrogen) atoms. The number of aromatic nitrogens is 3. The Hall–Kier alpha value is -2.34. The summed E-state index contributed by atoms with van der Waals surface area (Å²) in [7, 11) is 0. The third-order valence-corrected chi connectivity index (χ3v) is 3.85. The Morgan fingerprint density at radius 1 is 1.35 bits per heavy atom. The molecule has 3 aromatic rings. The minimum absolute atomic E-state index is 0.286. The lowest BCUT2D eigenvalue weighted by Crippen LogP contribution is -2.32. The van der Waals surface area contributed by atoms with Crippen molar-refractivity contribution < 1.29 is 4.42 Å². The molecule has 2 aromatic heterocycles. The largest absolute Gasteiger partial charge is 0.419 e. The molecule has 2 heterocycles. The molecule has 6 heteroatoms. The van der Waals surface area contributed by atoms with E-state index in [1.54, 1.807) is 4.57 Å². The lowest BCUT2D eigenvalue weighted by molar-refractivity contribution is 0.434. The second-order valence-corrected chi connectivity index (χ2v) is 5.94. The minimum atomic E-state index is -0.286. The van der Waals surface area contributed by atoms with E-state index in [0.29, 0.717) is 18.2 Å². The van der Waals surface area contributed by atoms with E-state index in [1.165, 1.54) is 5.56 Å². The lowest BCUT2D eigenvalue weighted by Gasteiger charge is -2.13. The molecule has 1 unspecified atom stereocenters. The number of hydrogen-bond donors (Lipinski definition) is 1. The Balaban J connectivity index is 1.49. The van der Waals surface area contributed by atoms with E-state index in [1.807, 2.05) is 48.3 Å². The number of nitrogens with zero attached hydrogens (tertiary/aromatic N) is 3. The topological polar surface area (TPSA) is 65.0 Å². The maximum Gasteiger partial charge on any atom is 0.419 e. The maximum absolute atomic E-state index is 11.9. The first-order valence-electron chi connectivity index (χ1n) is 7.94. The van der Waals surface area contributed by atoms with E-state index in [-0.39, 0.29) is 5.76 Å². The Kier molecular flexibility index (Phi) is 4.62. The van der Waals surface area contributed by atoms with Gasteiger partial charge in [-0.15, -0.1) is 0 Å². The van der Waals surface area contributed by atoms with Crippen molar-refractivity contribution in [2.24, 2.45) is 0 Å². The number of rotatable bonds is 7. The van der Waals surface area contributed by atoms with Gasteiger partial charge in [0.2, 0.25) is 0 Å². The van der Waals surface area contributed by atoms with E-state index >= 15 is 0 Å². The van der Waals surface area contributed by atoms with Crippen molar-refractivity contribution in [3.05, 3.63) is 52.8 Å². The molecule has 0 fully saturated rings. The van der Waals surface area contributed by atoms with Crippen LogP contribution < -0.4 is 11.1 Å². The van der Waals surface area contributed by atoms with Crippen LogP contribution in [0.4, 0.5) is 0 Å². The van der Waals surface area contributed by atoms with Gasteiger partial charge in [0, 0.05) is 18.8 Å². The first-order valence-corrected chi connectivity index (χ1v) is 7.94. The highest BCUT2D eigenvalue weighted by molar-refractivity contribution is 5.72. The number of oxazole rings is 1. The average Bonchev–Trinajstić information content (AvgIpc) is 3.06. The van der Waals surface area contributed by atoms with E-state index in [9.17, 15) is 4.79 Å². The van der Waals surface area contributed by atoms with Crippen molar-refractivity contribution in [2.75, 3.05) is 6.54 Å². The predicted octanol–water partition coefficient (Wildman–Crippen LogP) is 2.17. The molecule has 3 rings (SSSR count). The molecular weight excluding hydrogens is 292 g/mol. The zero-order chi connectivity index (χ0) is 16.2. The first-order chi connectivity index (χ1) is 11.1. The fourth-order valence-electron chi connectivity index (χ4n) is 2.72. The summed E-state index contributed by atoms with van der Waals surface area (Å²) in [5, 5.41) is 7.75. The van der Waals surface area contributed by atoms with Crippen LogP contribution in [-0.4, -0.2) is 26.9 Å². The summed E-state index contributed by atoms with van der Waals surface area (Å²) in [5.41, 5.74) is 2.67. The van der Waals surface area contributed by atoms with Crippen LogP contribution in [0.15, 0.2) is 45.9 Å². The fourth-order valence-corrected chi connectivity index (χ4v) is 2.72. The van der Waals surface area contributed by atoms with Crippen molar-refractivity contribution in [3.8, 4) is 0 Å². The Bertz CT molecular complexity index is 830. The standard InChI is InChI=1S/C17H22N4O2/c1-13-10-19-20(11-13)12-14(2)18-8-5-9-21-15-6-3-4-7-16(15)23-17(21)22/h3-4,6-7,10-11,14,18H,5,8-9,12H2,1-2H3. The van der Waals surface area contributed by atoms with Gasteiger partial charge in [-0.05, 0) is 44.5 Å². The predicted molar refractivity (Wildman–Crippen MR) is 89.5 cm³/mol. The normalized spacial score (nSPS) is 12.8. The Morgan fingerprint density at radius 3 is 2.96 bits per heavy atom.